The standard InChI is InChI=1S/C12H16FNO3/c1-3-14-12(16)7-17-9-4-5-10(8(2)15)11(13)6-9/h4-6,8,15H,3,7H2,1-2H3,(H,14,16)/t8-/m1/s1. The van der Waals surface area contributed by atoms with Gasteiger partial charge in [-0.1, -0.05) is 0 Å². The highest BCUT2D eigenvalue weighted by atomic mass is 19.1. The van der Waals surface area contributed by atoms with Gasteiger partial charge in [0.15, 0.2) is 6.61 Å². The van der Waals surface area contributed by atoms with E-state index in [2.05, 4.69) is 5.32 Å². The van der Waals surface area contributed by atoms with Gasteiger partial charge in [0.2, 0.25) is 0 Å². The summed E-state index contributed by atoms with van der Waals surface area (Å²) in [5.41, 5.74) is 0.204. The van der Waals surface area contributed by atoms with E-state index in [9.17, 15) is 14.3 Å². The molecule has 17 heavy (non-hydrogen) atoms. The maximum Gasteiger partial charge on any atom is 0.257 e. The Kier molecular flexibility index (Phi) is 4.90. The normalized spacial score (nSPS) is 12.0. The van der Waals surface area contributed by atoms with E-state index in [1.54, 1.807) is 6.92 Å². The molecule has 0 aliphatic rings. The van der Waals surface area contributed by atoms with Gasteiger partial charge in [-0.05, 0) is 26.0 Å². The first-order valence-corrected chi connectivity index (χ1v) is 5.41. The number of carbonyl (C=O) groups is 1. The first-order valence-electron chi connectivity index (χ1n) is 5.41. The van der Waals surface area contributed by atoms with Crippen LogP contribution in [0.5, 0.6) is 5.75 Å². The van der Waals surface area contributed by atoms with Crippen LogP contribution in [0.1, 0.15) is 25.5 Å². The first-order chi connectivity index (χ1) is 8.04. The van der Waals surface area contributed by atoms with Gasteiger partial charge in [-0.15, -0.1) is 0 Å². The van der Waals surface area contributed by atoms with Crippen LogP contribution in [-0.4, -0.2) is 24.2 Å². The van der Waals surface area contributed by atoms with Crippen LogP contribution < -0.4 is 10.1 Å². The third-order valence-electron chi connectivity index (χ3n) is 2.17. The third kappa shape index (κ3) is 4.03. The van der Waals surface area contributed by atoms with E-state index in [-0.39, 0.29) is 23.8 Å². The van der Waals surface area contributed by atoms with Crippen molar-refractivity contribution in [1.29, 1.82) is 0 Å². The molecule has 0 aromatic heterocycles. The largest absolute Gasteiger partial charge is 0.484 e. The summed E-state index contributed by atoms with van der Waals surface area (Å²) in [6, 6.07) is 4.11. The molecule has 0 unspecified atom stereocenters. The second kappa shape index (κ2) is 6.20. The zero-order valence-corrected chi connectivity index (χ0v) is 9.87. The molecule has 2 N–H and O–H groups in total. The van der Waals surface area contributed by atoms with Crippen molar-refractivity contribution in [2.75, 3.05) is 13.2 Å². The average molecular weight is 241 g/mol. The van der Waals surface area contributed by atoms with Gasteiger partial charge in [0, 0.05) is 18.2 Å². The van der Waals surface area contributed by atoms with Gasteiger partial charge in [0.1, 0.15) is 11.6 Å². The van der Waals surface area contributed by atoms with Gasteiger partial charge >= 0.3 is 0 Å². The number of carbonyl (C=O) groups excluding carboxylic acids is 1. The van der Waals surface area contributed by atoms with Crippen LogP contribution in [0.2, 0.25) is 0 Å². The summed E-state index contributed by atoms with van der Waals surface area (Å²) in [6.45, 7) is 3.65. The smallest absolute Gasteiger partial charge is 0.257 e. The summed E-state index contributed by atoms with van der Waals surface area (Å²) in [6.07, 6.45) is -0.868. The molecule has 0 radical (unpaired) electrons. The Labute approximate surface area is 99.4 Å². The summed E-state index contributed by atoms with van der Waals surface area (Å²) in [4.78, 5) is 11.1. The lowest BCUT2D eigenvalue weighted by atomic mass is 10.1. The zero-order valence-electron chi connectivity index (χ0n) is 9.87. The molecule has 1 rings (SSSR count). The van der Waals surface area contributed by atoms with Gasteiger partial charge in [-0.25, -0.2) is 4.39 Å². The Bertz CT molecular complexity index is 393. The fourth-order valence-electron chi connectivity index (χ4n) is 1.33. The van der Waals surface area contributed by atoms with Crippen molar-refractivity contribution >= 4 is 5.91 Å². The number of nitrogens with one attached hydrogen (secondary N) is 1. The van der Waals surface area contributed by atoms with Gasteiger partial charge < -0.3 is 15.2 Å². The first kappa shape index (κ1) is 13.4. The SMILES string of the molecule is CCNC(=O)COc1ccc([C@@H](C)O)c(F)c1. The van der Waals surface area contributed by atoms with E-state index in [0.717, 1.165) is 6.07 Å². The number of hydrogen-bond acceptors (Lipinski definition) is 3. The predicted octanol–water partition coefficient (Wildman–Crippen LogP) is 1.39. The molecule has 1 amide bonds. The number of halogens is 1. The molecule has 94 valence electrons. The number of aliphatic hydroxyl groups is 1. The number of amides is 1. The molecule has 0 fully saturated rings. The number of benzene rings is 1. The molecule has 5 heteroatoms. The highest BCUT2D eigenvalue weighted by Crippen LogP contribution is 2.21. The van der Waals surface area contributed by atoms with Crippen molar-refractivity contribution in [3.05, 3.63) is 29.6 Å². The molecular weight excluding hydrogens is 225 g/mol. The lowest BCUT2D eigenvalue weighted by Crippen LogP contribution is -2.28. The van der Waals surface area contributed by atoms with E-state index in [4.69, 9.17) is 4.74 Å². The Hall–Kier alpha value is -1.62. The number of aliphatic hydroxyl groups excluding tert-OH is 1. The van der Waals surface area contributed by atoms with Gasteiger partial charge in [-0.2, -0.15) is 0 Å². The molecule has 0 saturated carbocycles. The van der Waals surface area contributed by atoms with Gasteiger partial charge in [0.25, 0.3) is 5.91 Å². The Balaban J connectivity index is 2.62. The van der Waals surface area contributed by atoms with E-state index in [1.807, 2.05) is 0 Å². The fraction of sp³-hybridized carbons (Fsp3) is 0.417. The fourth-order valence-corrected chi connectivity index (χ4v) is 1.33. The van der Waals surface area contributed by atoms with Crippen molar-refractivity contribution < 1.29 is 19.0 Å². The monoisotopic (exact) mass is 241 g/mol. The van der Waals surface area contributed by atoms with Crippen molar-refractivity contribution in [1.82, 2.24) is 5.32 Å². The van der Waals surface area contributed by atoms with Crippen LogP contribution in [0.4, 0.5) is 4.39 Å². The molecule has 0 heterocycles. The number of ether oxygens (including phenoxy) is 1. The Morgan fingerprint density at radius 3 is 2.82 bits per heavy atom. The Morgan fingerprint density at radius 2 is 2.29 bits per heavy atom. The van der Waals surface area contributed by atoms with E-state index < -0.39 is 11.9 Å². The van der Waals surface area contributed by atoms with E-state index in [0.29, 0.717) is 6.54 Å². The van der Waals surface area contributed by atoms with Crippen LogP contribution in [-0.2, 0) is 4.79 Å². The van der Waals surface area contributed by atoms with E-state index >= 15 is 0 Å². The molecule has 0 aliphatic heterocycles. The minimum Gasteiger partial charge on any atom is -0.484 e. The summed E-state index contributed by atoms with van der Waals surface area (Å²) in [5.74, 6) is -0.543. The second-order valence-electron chi connectivity index (χ2n) is 3.60. The summed E-state index contributed by atoms with van der Waals surface area (Å²) >= 11 is 0. The quantitative estimate of drug-likeness (QED) is 0.819. The highest BCUT2D eigenvalue weighted by molar-refractivity contribution is 5.77. The lowest BCUT2D eigenvalue weighted by molar-refractivity contribution is -0.122. The third-order valence-corrected chi connectivity index (χ3v) is 2.17. The summed E-state index contributed by atoms with van der Waals surface area (Å²) in [5, 5.41) is 11.8. The molecule has 1 aromatic rings. The number of hydrogen-bond donors (Lipinski definition) is 2. The van der Waals surface area contributed by atoms with Crippen molar-refractivity contribution in [3.8, 4) is 5.75 Å². The minimum atomic E-state index is -0.868. The maximum absolute atomic E-state index is 13.4. The molecule has 1 atom stereocenters. The second-order valence-corrected chi connectivity index (χ2v) is 3.60. The zero-order chi connectivity index (χ0) is 12.8. The van der Waals surface area contributed by atoms with Crippen molar-refractivity contribution in [3.63, 3.8) is 0 Å². The van der Waals surface area contributed by atoms with E-state index in [1.165, 1.54) is 19.1 Å². The summed E-state index contributed by atoms with van der Waals surface area (Å²) in [7, 11) is 0. The van der Waals surface area contributed by atoms with Crippen LogP contribution in [0.15, 0.2) is 18.2 Å². The van der Waals surface area contributed by atoms with Crippen LogP contribution in [0.25, 0.3) is 0 Å². The van der Waals surface area contributed by atoms with Crippen molar-refractivity contribution in [2.24, 2.45) is 0 Å². The number of rotatable bonds is 5. The molecule has 0 spiro atoms. The Morgan fingerprint density at radius 1 is 1.59 bits per heavy atom. The van der Waals surface area contributed by atoms with Gasteiger partial charge in [0.05, 0.1) is 6.10 Å². The van der Waals surface area contributed by atoms with Crippen LogP contribution in [0, 0.1) is 5.82 Å². The number of likely N-dealkylation sites (N-methyl/N-ethyl adjacent to an activating group) is 1. The molecule has 1 aromatic carbocycles. The average Bonchev–Trinajstić information content (AvgIpc) is 2.26. The maximum atomic E-state index is 13.4. The predicted molar refractivity (Wildman–Crippen MR) is 61.2 cm³/mol. The molecule has 0 saturated heterocycles. The summed E-state index contributed by atoms with van der Waals surface area (Å²) < 4.78 is 18.5. The molecule has 0 bridgehead atoms. The van der Waals surface area contributed by atoms with Crippen LogP contribution >= 0.6 is 0 Å². The molecular formula is C12H16FNO3. The van der Waals surface area contributed by atoms with Crippen LogP contribution in [0.3, 0.4) is 0 Å². The minimum absolute atomic E-state index is 0.151. The molecule has 0 aliphatic carbocycles. The molecule has 4 nitrogen and oxygen atoms in total. The highest BCUT2D eigenvalue weighted by Gasteiger charge is 2.09. The lowest BCUT2D eigenvalue weighted by Gasteiger charge is -2.09. The van der Waals surface area contributed by atoms with Gasteiger partial charge in [-0.3, -0.25) is 4.79 Å². The topological polar surface area (TPSA) is 58.6 Å². The van der Waals surface area contributed by atoms with Crippen molar-refractivity contribution in [2.45, 2.75) is 20.0 Å².